The third kappa shape index (κ3) is 3.57. The number of carboxylic acids is 1. The molecule has 2 rings (SSSR count). The molecule has 0 amide bonds. The fraction of sp³-hybridized carbons (Fsp3) is 0.188. The molecule has 0 aliphatic carbocycles. The molecule has 1 unspecified atom stereocenters. The summed E-state index contributed by atoms with van der Waals surface area (Å²) in [6.07, 6.45) is 0. The molecule has 2 aromatic rings. The highest BCUT2D eigenvalue weighted by molar-refractivity contribution is 8.00. The van der Waals surface area contributed by atoms with Crippen molar-refractivity contribution >= 4 is 17.7 Å². The van der Waals surface area contributed by atoms with Gasteiger partial charge in [0.15, 0.2) is 0 Å². The van der Waals surface area contributed by atoms with Crippen LogP contribution < -0.4 is 4.74 Å². The molecule has 1 atom stereocenters. The van der Waals surface area contributed by atoms with Crippen molar-refractivity contribution in [2.45, 2.75) is 17.2 Å². The number of benzene rings is 1. The van der Waals surface area contributed by atoms with E-state index < -0.39 is 11.2 Å². The van der Waals surface area contributed by atoms with Crippen molar-refractivity contribution in [1.82, 2.24) is 4.98 Å². The van der Waals surface area contributed by atoms with Crippen LogP contribution in [0.2, 0.25) is 0 Å². The average Bonchev–Trinajstić information content (AvgIpc) is 2.54. The second-order valence-electron chi connectivity index (χ2n) is 4.49. The summed E-state index contributed by atoms with van der Waals surface area (Å²) < 4.78 is 5.11. The molecule has 0 bridgehead atoms. The van der Waals surface area contributed by atoms with Crippen LogP contribution in [0.15, 0.2) is 41.4 Å². The minimum atomic E-state index is -0.939. The lowest BCUT2D eigenvalue weighted by Gasteiger charge is -2.09. The summed E-state index contributed by atoms with van der Waals surface area (Å²) in [6, 6.07) is 12.8. The lowest BCUT2D eigenvalue weighted by molar-refractivity contribution is -0.136. The molecule has 0 aliphatic heterocycles. The van der Waals surface area contributed by atoms with Gasteiger partial charge in [-0.3, -0.25) is 4.79 Å². The maximum Gasteiger partial charge on any atom is 0.316 e. The molecule has 5 nitrogen and oxygen atoms in total. The lowest BCUT2D eigenvalue weighted by atomic mass is 10.1. The Kier molecular flexibility index (Phi) is 5.02. The molecule has 22 heavy (non-hydrogen) atoms. The monoisotopic (exact) mass is 314 g/mol. The minimum Gasteiger partial charge on any atom is -0.497 e. The van der Waals surface area contributed by atoms with Crippen LogP contribution in [0.25, 0.3) is 11.3 Å². The molecule has 0 fully saturated rings. The predicted octanol–water partition coefficient (Wildman–Crippen LogP) is 3.19. The lowest BCUT2D eigenvalue weighted by Crippen LogP contribution is -2.12. The van der Waals surface area contributed by atoms with Crippen LogP contribution in [0.3, 0.4) is 0 Å². The normalized spacial score (nSPS) is 11.5. The molecular weight excluding hydrogens is 300 g/mol. The van der Waals surface area contributed by atoms with Crippen LogP contribution in [0.1, 0.15) is 12.5 Å². The maximum absolute atomic E-state index is 11.0. The van der Waals surface area contributed by atoms with Crippen LogP contribution >= 0.6 is 11.8 Å². The van der Waals surface area contributed by atoms with Gasteiger partial charge in [0, 0.05) is 5.56 Å². The molecule has 6 heteroatoms. The van der Waals surface area contributed by atoms with Crippen LogP contribution in [0, 0.1) is 11.3 Å². The van der Waals surface area contributed by atoms with E-state index >= 15 is 0 Å². The summed E-state index contributed by atoms with van der Waals surface area (Å²) in [5.74, 6) is -0.197. The van der Waals surface area contributed by atoms with E-state index in [9.17, 15) is 4.79 Å². The zero-order valence-corrected chi connectivity index (χ0v) is 12.9. The fourth-order valence-electron chi connectivity index (χ4n) is 1.76. The van der Waals surface area contributed by atoms with Crippen molar-refractivity contribution in [1.29, 1.82) is 5.26 Å². The van der Waals surface area contributed by atoms with Gasteiger partial charge in [0.2, 0.25) is 0 Å². The number of methoxy groups -OCH3 is 1. The van der Waals surface area contributed by atoms with Crippen molar-refractivity contribution in [2.75, 3.05) is 7.11 Å². The molecule has 0 spiro atoms. The average molecular weight is 314 g/mol. The summed E-state index contributed by atoms with van der Waals surface area (Å²) in [5.41, 5.74) is 1.92. The molecule has 1 heterocycles. The number of rotatable bonds is 5. The van der Waals surface area contributed by atoms with Gasteiger partial charge in [-0.25, -0.2) is 4.98 Å². The van der Waals surface area contributed by atoms with Crippen molar-refractivity contribution in [3.05, 3.63) is 42.0 Å². The van der Waals surface area contributed by atoms with Gasteiger partial charge in [-0.05, 0) is 43.3 Å². The number of aliphatic carboxylic acids is 1. The molecule has 112 valence electrons. The Bertz CT molecular complexity index is 723. The Morgan fingerprint density at radius 1 is 1.32 bits per heavy atom. The van der Waals surface area contributed by atoms with Crippen molar-refractivity contribution in [3.8, 4) is 23.1 Å². The first kappa shape index (κ1) is 15.9. The highest BCUT2D eigenvalue weighted by atomic mass is 32.2. The predicted molar refractivity (Wildman–Crippen MR) is 83.9 cm³/mol. The Hall–Kier alpha value is -2.52. The maximum atomic E-state index is 11.0. The Morgan fingerprint density at radius 3 is 2.55 bits per heavy atom. The molecule has 0 radical (unpaired) electrons. The number of aromatic nitrogens is 1. The summed E-state index contributed by atoms with van der Waals surface area (Å²) in [6.45, 7) is 1.57. The number of thioether (sulfide) groups is 1. The van der Waals surface area contributed by atoms with E-state index in [-0.39, 0.29) is 0 Å². The van der Waals surface area contributed by atoms with Crippen LogP contribution in [0.4, 0.5) is 0 Å². The van der Waals surface area contributed by atoms with E-state index in [1.54, 1.807) is 26.2 Å². The minimum absolute atomic E-state index is 0.371. The topological polar surface area (TPSA) is 83.2 Å². The van der Waals surface area contributed by atoms with E-state index in [4.69, 9.17) is 15.1 Å². The number of hydrogen-bond donors (Lipinski definition) is 1. The van der Waals surface area contributed by atoms with Gasteiger partial charge in [0.1, 0.15) is 22.1 Å². The number of hydrogen-bond acceptors (Lipinski definition) is 5. The van der Waals surface area contributed by atoms with Crippen LogP contribution in [-0.2, 0) is 4.79 Å². The van der Waals surface area contributed by atoms with Gasteiger partial charge in [0.05, 0.1) is 18.4 Å². The molecular formula is C16H14N2O3S. The van der Waals surface area contributed by atoms with Crippen LogP contribution in [-0.4, -0.2) is 28.4 Å². The molecule has 0 aliphatic rings. The van der Waals surface area contributed by atoms with Gasteiger partial charge < -0.3 is 9.84 Å². The van der Waals surface area contributed by atoms with Gasteiger partial charge >= 0.3 is 5.97 Å². The van der Waals surface area contributed by atoms with Gasteiger partial charge in [0.25, 0.3) is 0 Å². The Morgan fingerprint density at radius 2 is 2.00 bits per heavy atom. The molecule has 1 N–H and O–H groups in total. The largest absolute Gasteiger partial charge is 0.497 e. The van der Waals surface area contributed by atoms with Crippen molar-refractivity contribution in [3.63, 3.8) is 0 Å². The number of carboxylic acid groups (broad SMARTS) is 1. The van der Waals surface area contributed by atoms with Crippen LogP contribution in [0.5, 0.6) is 5.75 Å². The molecule has 1 aromatic carbocycles. The summed E-state index contributed by atoms with van der Waals surface area (Å²) >= 11 is 1.06. The second kappa shape index (κ2) is 6.96. The number of pyridine rings is 1. The van der Waals surface area contributed by atoms with E-state index in [0.29, 0.717) is 16.3 Å². The van der Waals surface area contributed by atoms with E-state index in [0.717, 1.165) is 23.1 Å². The highest BCUT2D eigenvalue weighted by Crippen LogP contribution is 2.28. The van der Waals surface area contributed by atoms with Crippen molar-refractivity contribution < 1.29 is 14.6 Å². The molecule has 1 aromatic heterocycles. The zero-order valence-electron chi connectivity index (χ0n) is 12.1. The Balaban J connectivity index is 2.37. The third-order valence-electron chi connectivity index (χ3n) is 3.00. The third-order valence-corrected chi connectivity index (χ3v) is 4.09. The number of nitriles is 1. The Labute approximate surface area is 132 Å². The molecule has 0 saturated heterocycles. The van der Waals surface area contributed by atoms with E-state index in [1.807, 2.05) is 30.3 Å². The first-order valence-corrected chi connectivity index (χ1v) is 7.38. The highest BCUT2D eigenvalue weighted by Gasteiger charge is 2.17. The summed E-state index contributed by atoms with van der Waals surface area (Å²) in [5, 5.41) is 17.9. The fourth-order valence-corrected chi connectivity index (χ4v) is 2.58. The first-order valence-electron chi connectivity index (χ1n) is 6.50. The van der Waals surface area contributed by atoms with E-state index in [2.05, 4.69) is 4.98 Å². The van der Waals surface area contributed by atoms with Gasteiger partial charge in [-0.2, -0.15) is 5.26 Å². The molecule has 0 saturated carbocycles. The van der Waals surface area contributed by atoms with Gasteiger partial charge in [-0.1, -0.05) is 11.8 Å². The standard InChI is InChI=1S/C16H14N2O3S/c1-10(16(19)20)22-15-12(9-17)5-8-14(18-15)11-3-6-13(21-2)7-4-11/h3-8,10H,1-2H3,(H,19,20). The number of carbonyl (C=O) groups is 1. The SMILES string of the molecule is COc1ccc(-c2ccc(C#N)c(SC(C)C(=O)O)n2)cc1. The summed E-state index contributed by atoms with van der Waals surface area (Å²) in [7, 11) is 1.59. The number of nitrogens with zero attached hydrogens (tertiary/aromatic N) is 2. The quantitative estimate of drug-likeness (QED) is 0.853. The number of ether oxygens (including phenoxy) is 1. The zero-order chi connectivity index (χ0) is 16.1. The first-order chi connectivity index (χ1) is 10.5. The van der Waals surface area contributed by atoms with Crippen molar-refractivity contribution in [2.24, 2.45) is 0 Å². The summed E-state index contributed by atoms with van der Waals surface area (Å²) in [4.78, 5) is 15.4. The van der Waals surface area contributed by atoms with E-state index in [1.165, 1.54) is 0 Å². The van der Waals surface area contributed by atoms with Gasteiger partial charge in [-0.15, -0.1) is 0 Å². The second-order valence-corrected chi connectivity index (χ2v) is 5.82. The smallest absolute Gasteiger partial charge is 0.316 e.